The summed E-state index contributed by atoms with van der Waals surface area (Å²) in [4.78, 5) is 27.5. The maximum absolute atomic E-state index is 12.8. The number of aryl methyl sites for hydroxylation is 1. The van der Waals surface area contributed by atoms with Crippen molar-refractivity contribution in [3.63, 3.8) is 0 Å². The number of aromatic nitrogens is 4. The Hall–Kier alpha value is -3.16. The first-order chi connectivity index (χ1) is 13.2. The summed E-state index contributed by atoms with van der Waals surface area (Å²) in [6, 6.07) is 5.52. The lowest BCUT2D eigenvalue weighted by atomic mass is 10.1. The Morgan fingerprint density at radius 2 is 2.15 bits per heavy atom. The third-order valence-corrected chi connectivity index (χ3v) is 4.84. The molecule has 27 heavy (non-hydrogen) atoms. The number of nitrogens with zero attached hydrogens (tertiary/aromatic N) is 5. The Bertz CT molecular complexity index is 947. The fourth-order valence-electron chi connectivity index (χ4n) is 3.43. The van der Waals surface area contributed by atoms with Crippen LogP contribution in [-0.4, -0.2) is 49.5 Å². The van der Waals surface area contributed by atoms with Crippen LogP contribution in [0.1, 0.15) is 30.1 Å². The van der Waals surface area contributed by atoms with E-state index < -0.39 is 0 Å². The minimum absolute atomic E-state index is 0.0335. The number of amides is 1. The van der Waals surface area contributed by atoms with Gasteiger partial charge in [-0.1, -0.05) is 0 Å². The molecule has 0 radical (unpaired) electrons. The van der Waals surface area contributed by atoms with Gasteiger partial charge in [0.05, 0.1) is 11.8 Å². The zero-order chi connectivity index (χ0) is 18.8. The van der Waals surface area contributed by atoms with Gasteiger partial charge in [-0.15, -0.1) is 0 Å². The van der Waals surface area contributed by atoms with E-state index in [0.717, 1.165) is 18.6 Å². The highest BCUT2D eigenvalue weighted by molar-refractivity contribution is 5.96. The lowest BCUT2D eigenvalue weighted by Gasteiger charge is -2.32. The van der Waals surface area contributed by atoms with Crippen LogP contribution in [0.5, 0.6) is 5.75 Å². The SMILES string of the molecule is CCn1c(N)nc2cc(C(=O)N3CCC(Oc4cccnc4)CC3)cnc21. The van der Waals surface area contributed by atoms with Gasteiger partial charge < -0.3 is 15.4 Å². The zero-order valence-corrected chi connectivity index (χ0v) is 15.2. The molecule has 0 atom stereocenters. The Balaban J connectivity index is 1.42. The molecule has 2 N–H and O–H groups in total. The van der Waals surface area contributed by atoms with Gasteiger partial charge in [-0.2, -0.15) is 0 Å². The average Bonchev–Trinajstić information content (AvgIpc) is 3.03. The predicted molar refractivity (Wildman–Crippen MR) is 101 cm³/mol. The van der Waals surface area contributed by atoms with Gasteiger partial charge >= 0.3 is 0 Å². The molecule has 0 saturated carbocycles. The summed E-state index contributed by atoms with van der Waals surface area (Å²) in [5.41, 5.74) is 7.80. The molecule has 1 amide bonds. The van der Waals surface area contributed by atoms with Crippen LogP contribution < -0.4 is 10.5 Å². The number of carbonyl (C=O) groups is 1. The normalized spacial score (nSPS) is 15.2. The highest BCUT2D eigenvalue weighted by Gasteiger charge is 2.25. The van der Waals surface area contributed by atoms with Gasteiger partial charge in [0.15, 0.2) is 5.65 Å². The van der Waals surface area contributed by atoms with E-state index in [1.165, 1.54) is 0 Å². The van der Waals surface area contributed by atoms with Crippen molar-refractivity contribution in [2.45, 2.75) is 32.4 Å². The number of pyridine rings is 2. The molecule has 1 aliphatic rings. The van der Waals surface area contributed by atoms with Crippen LogP contribution in [0.25, 0.3) is 11.2 Å². The van der Waals surface area contributed by atoms with E-state index in [4.69, 9.17) is 10.5 Å². The number of rotatable bonds is 4. The number of nitrogen functional groups attached to an aromatic ring is 1. The van der Waals surface area contributed by atoms with Gasteiger partial charge in [-0.25, -0.2) is 9.97 Å². The van der Waals surface area contributed by atoms with Crippen LogP contribution in [0.15, 0.2) is 36.8 Å². The number of ether oxygens (including phenoxy) is 1. The molecule has 0 bridgehead atoms. The van der Waals surface area contributed by atoms with Gasteiger partial charge in [-0.05, 0) is 25.1 Å². The first-order valence-electron chi connectivity index (χ1n) is 9.13. The smallest absolute Gasteiger partial charge is 0.255 e. The van der Waals surface area contributed by atoms with E-state index in [-0.39, 0.29) is 12.0 Å². The molecule has 140 valence electrons. The Kier molecular flexibility index (Phi) is 4.62. The summed E-state index contributed by atoms with van der Waals surface area (Å²) in [5, 5.41) is 0. The van der Waals surface area contributed by atoms with E-state index in [0.29, 0.717) is 42.3 Å². The number of fused-ring (bicyclic) bond motifs is 1. The number of anilines is 1. The Labute approximate surface area is 157 Å². The molecule has 8 heteroatoms. The van der Waals surface area contributed by atoms with Crippen molar-refractivity contribution in [2.24, 2.45) is 0 Å². The highest BCUT2D eigenvalue weighted by Crippen LogP contribution is 2.21. The van der Waals surface area contributed by atoms with Crippen LogP contribution in [0.3, 0.4) is 0 Å². The van der Waals surface area contributed by atoms with Crippen molar-refractivity contribution in [3.05, 3.63) is 42.4 Å². The lowest BCUT2D eigenvalue weighted by Crippen LogP contribution is -2.41. The summed E-state index contributed by atoms with van der Waals surface area (Å²) in [7, 11) is 0. The second-order valence-electron chi connectivity index (χ2n) is 6.58. The molecular weight excluding hydrogens is 344 g/mol. The monoisotopic (exact) mass is 366 g/mol. The van der Waals surface area contributed by atoms with Crippen molar-refractivity contribution in [2.75, 3.05) is 18.8 Å². The molecule has 1 aliphatic heterocycles. The van der Waals surface area contributed by atoms with Crippen molar-refractivity contribution in [1.82, 2.24) is 24.4 Å². The molecule has 3 aromatic rings. The van der Waals surface area contributed by atoms with E-state index >= 15 is 0 Å². The molecule has 0 unspecified atom stereocenters. The molecule has 1 saturated heterocycles. The average molecular weight is 366 g/mol. The Morgan fingerprint density at radius 3 is 2.85 bits per heavy atom. The van der Waals surface area contributed by atoms with E-state index in [1.807, 2.05) is 28.5 Å². The first-order valence-corrected chi connectivity index (χ1v) is 9.13. The number of carbonyl (C=O) groups excluding carboxylic acids is 1. The van der Waals surface area contributed by atoms with Crippen molar-refractivity contribution in [1.29, 1.82) is 0 Å². The third-order valence-electron chi connectivity index (χ3n) is 4.84. The maximum atomic E-state index is 12.8. The summed E-state index contributed by atoms with van der Waals surface area (Å²) in [6.07, 6.45) is 6.70. The largest absolute Gasteiger partial charge is 0.489 e. The molecule has 0 aliphatic carbocycles. The van der Waals surface area contributed by atoms with Crippen LogP contribution in [-0.2, 0) is 6.54 Å². The van der Waals surface area contributed by atoms with Crippen molar-refractivity contribution >= 4 is 23.0 Å². The molecule has 0 spiro atoms. The molecule has 8 nitrogen and oxygen atoms in total. The number of hydrogen-bond acceptors (Lipinski definition) is 6. The molecule has 1 fully saturated rings. The van der Waals surface area contributed by atoms with Crippen LogP contribution in [0, 0.1) is 0 Å². The fourth-order valence-corrected chi connectivity index (χ4v) is 3.43. The predicted octanol–water partition coefficient (Wildman–Crippen LogP) is 2.11. The van der Waals surface area contributed by atoms with Gasteiger partial charge in [0, 0.05) is 44.9 Å². The molecule has 0 aromatic carbocycles. The van der Waals surface area contributed by atoms with Crippen LogP contribution in [0.2, 0.25) is 0 Å². The summed E-state index contributed by atoms with van der Waals surface area (Å²) >= 11 is 0. The second kappa shape index (κ2) is 7.22. The number of piperidine rings is 1. The standard InChI is InChI=1S/C19H22N6O2/c1-2-25-17-16(23-19(25)20)10-13(11-22-17)18(26)24-8-5-14(6-9-24)27-15-4-3-7-21-12-15/h3-4,7,10-12,14H,2,5-6,8-9H2,1H3,(H2,20,23). The minimum Gasteiger partial charge on any atom is -0.489 e. The van der Waals surface area contributed by atoms with Crippen molar-refractivity contribution < 1.29 is 9.53 Å². The molecular formula is C19H22N6O2. The van der Waals surface area contributed by atoms with E-state index in [2.05, 4.69) is 15.0 Å². The number of hydrogen-bond donors (Lipinski definition) is 1. The van der Waals surface area contributed by atoms with Crippen LogP contribution in [0.4, 0.5) is 5.95 Å². The molecule has 3 aromatic heterocycles. The maximum Gasteiger partial charge on any atom is 0.255 e. The Morgan fingerprint density at radius 1 is 1.33 bits per heavy atom. The highest BCUT2D eigenvalue weighted by atomic mass is 16.5. The molecule has 4 heterocycles. The minimum atomic E-state index is -0.0335. The van der Waals surface area contributed by atoms with E-state index in [1.54, 1.807) is 24.7 Å². The summed E-state index contributed by atoms with van der Waals surface area (Å²) < 4.78 is 7.76. The fraction of sp³-hybridized carbons (Fsp3) is 0.368. The number of nitrogens with two attached hydrogens (primary N) is 1. The van der Waals surface area contributed by atoms with Gasteiger partial charge in [0.2, 0.25) is 5.95 Å². The van der Waals surface area contributed by atoms with Gasteiger partial charge in [0.1, 0.15) is 17.4 Å². The second-order valence-corrected chi connectivity index (χ2v) is 6.58. The van der Waals surface area contributed by atoms with Crippen molar-refractivity contribution in [3.8, 4) is 5.75 Å². The lowest BCUT2D eigenvalue weighted by molar-refractivity contribution is 0.0594. The number of likely N-dealkylation sites (tertiary alicyclic amines) is 1. The quantitative estimate of drug-likeness (QED) is 0.759. The van der Waals surface area contributed by atoms with E-state index in [9.17, 15) is 4.79 Å². The first kappa shape index (κ1) is 17.3. The van der Waals surface area contributed by atoms with Crippen LogP contribution >= 0.6 is 0 Å². The van der Waals surface area contributed by atoms with Gasteiger partial charge in [-0.3, -0.25) is 14.3 Å². The van der Waals surface area contributed by atoms with Gasteiger partial charge in [0.25, 0.3) is 5.91 Å². The third kappa shape index (κ3) is 3.42. The number of imidazole rings is 1. The topological polar surface area (TPSA) is 99.2 Å². The summed E-state index contributed by atoms with van der Waals surface area (Å²) in [6.45, 7) is 3.96. The summed E-state index contributed by atoms with van der Waals surface area (Å²) in [5.74, 6) is 1.15. The zero-order valence-electron chi connectivity index (χ0n) is 15.2. The molecule has 4 rings (SSSR count).